The molecule has 0 aliphatic carbocycles. The summed E-state index contributed by atoms with van der Waals surface area (Å²) < 4.78 is 5.36. The summed E-state index contributed by atoms with van der Waals surface area (Å²) in [5, 5.41) is 16.7. The number of likely N-dealkylation sites (N-methyl/N-ethyl adjacent to an activating group) is 1. The maximum atomic E-state index is 12.1. The van der Waals surface area contributed by atoms with Crippen LogP contribution in [0.4, 0.5) is 10.5 Å². The molecule has 0 aromatic heterocycles. The topological polar surface area (TPSA) is 117 Å². The lowest BCUT2D eigenvalue weighted by atomic mass is 9.99. The van der Waals surface area contributed by atoms with E-state index in [0.29, 0.717) is 24.4 Å². The fourth-order valence-corrected chi connectivity index (χ4v) is 2.01. The molecule has 138 valence electrons. The van der Waals surface area contributed by atoms with Gasteiger partial charge in [-0.15, -0.1) is 0 Å². The molecule has 1 rings (SSSR count). The van der Waals surface area contributed by atoms with Gasteiger partial charge in [0.2, 0.25) is 0 Å². The van der Waals surface area contributed by atoms with Crippen LogP contribution in [0.5, 0.6) is 5.75 Å². The number of hydrogen-bond acceptors (Lipinski definition) is 4. The lowest BCUT2D eigenvalue weighted by Gasteiger charge is -2.25. The van der Waals surface area contributed by atoms with Gasteiger partial charge in [0, 0.05) is 30.3 Å². The van der Waals surface area contributed by atoms with Crippen LogP contribution in [0.2, 0.25) is 0 Å². The molecule has 0 saturated carbocycles. The molecule has 4 N–H and O–H groups in total. The predicted octanol–water partition coefficient (Wildman–Crippen LogP) is 1.97. The van der Waals surface area contributed by atoms with Crippen LogP contribution in [0, 0.1) is 0 Å². The van der Waals surface area contributed by atoms with E-state index in [-0.39, 0.29) is 18.9 Å². The lowest BCUT2D eigenvalue weighted by molar-refractivity contribution is -0.137. The Bertz CT molecular complexity index is 616. The van der Waals surface area contributed by atoms with E-state index in [2.05, 4.69) is 16.0 Å². The van der Waals surface area contributed by atoms with Gasteiger partial charge in [-0.1, -0.05) is 6.07 Å². The van der Waals surface area contributed by atoms with Crippen LogP contribution in [-0.4, -0.2) is 41.7 Å². The summed E-state index contributed by atoms with van der Waals surface area (Å²) in [6.45, 7) is 5.75. The van der Waals surface area contributed by atoms with Crippen molar-refractivity contribution >= 4 is 23.6 Å². The van der Waals surface area contributed by atoms with E-state index in [9.17, 15) is 14.4 Å². The zero-order valence-electron chi connectivity index (χ0n) is 14.7. The molecular formula is C17H25N3O5. The fraction of sp³-hybridized carbons (Fsp3) is 0.471. The molecule has 0 saturated heterocycles. The number of anilines is 1. The summed E-state index contributed by atoms with van der Waals surface area (Å²) in [6, 6.07) is 6.21. The molecular weight excluding hydrogens is 326 g/mol. The van der Waals surface area contributed by atoms with Crippen LogP contribution in [-0.2, 0) is 9.59 Å². The standard InChI is InChI=1S/C17H25N3O5/c1-4-18-14(21)11-25-13-7-5-6-12(10-13)19-16(24)20-17(2,3)9-8-15(22)23/h5-7,10H,4,8-9,11H2,1-3H3,(H,18,21)(H,22,23)(H2,19,20,24). The smallest absolute Gasteiger partial charge is 0.319 e. The quantitative estimate of drug-likeness (QED) is 0.543. The summed E-state index contributed by atoms with van der Waals surface area (Å²) in [7, 11) is 0. The Kier molecular flexibility index (Phi) is 7.71. The number of urea groups is 1. The van der Waals surface area contributed by atoms with Crippen molar-refractivity contribution in [2.45, 2.75) is 39.2 Å². The molecule has 1 aromatic rings. The number of ether oxygens (including phenoxy) is 1. The molecule has 0 aliphatic rings. The van der Waals surface area contributed by atoms with Crippen molar-refractivity contribution in [1.82, 2.24) is 10.6 Å². The summed E-state index contributed by atoms with van der Waals surface area (Å²) in [6.07, 6.45) is 0.280. The monoisotopic (exact) mass is 351 g/mol. The van der Waals surface area contributed by atoms with Gasteiger partial charge in [-0.2, -0.15) is 0 Å². The van der Waals surface area contributed by atoms with Gasteiger partial charge >= 0.3 is 12.0 Å². The summed E-state index contributed by atoms with van der Waals surface area (Å²) in [5.41, 5.74) is -0.158. The van der Waals surface area contributed by atoms with Crippen LogP contribution >= 0.6 is 0 Å². The summed E-state index contributed by atoms with van der Waals surface area (Å²) >= 11 is 0. The molecule has 0 atom stereocenters. The largest absolute Gasteiger partial charge is 0.484 e. The zero-order valence-corrected chi connectivity index (χ0v) is 14.7. The second kappa shape index (κ2) is 9.51. The zero-order chi connectivity index (χ0) is 18.9. The van der Waals surface area contributed by atoms with Crippen molar-refractivity contribution in [3.05, 3.63) is 24.3 Å². The van der Waals surface area contributed by atoms with E-state index >= 15 is 0 Å². The van der Waals surface area contributed by atoms with Crippen molar-refractivity contribution in [3.8, 4) is 5.75 Å². The molecule has 1 aromatic carbocycles. The number of carbonyl (C=O) groups is 3. The van der Waals surface area contributed by atoms with Crippen molar-refractivity contribution in [3.63, 3.8) is 0 Å². The first-order valence-electron chi connectivity index (χ1n) is 8.02. The van der Waals surface area contributed by atoms with Gasteiger partial charge < -0.3 is 25.8 Å². The average molecular weight is 351 g/mol. The van der Waals surface area contributed by atoms with Crippen LogP contribution in [0.25, 0.3) is 0 Å². The SMILES string of the molecule is CCNC(=O)COc1cccc(NC(=O)NC(C)(C)CCC(=O)O)c1. The first-order chi connectivity index (χ1) is 11.7. The highest BCUT2D eigenvalue weighted by Crippen LogP contribution is 2.18. The van der Waals surface area contributed by atoms with Crippen molar-refractivity contribution in [1.29, 1.82) is 0 Å². The first-order valence-corrected chi connectivity index (χ1v) is 8.02. The van der Waals surface area contributed by atoms with Crippen molar-refractivity contribution in [2.24, 2.45) is 0 Å². The molecule has 0 spiro atoms. The minimum atomic E-state index is -0.910. The third-order valence-electron chi connectivity index (χ3n) is 3.25. The lowest BCUT2D eigenvalue weighted by Crippen LogP contribution is -2.45. The maximum absolute atomic E-state index is 12.1. The Morgan fingerprint density at radius 3 is 2.60 bits per heavy atom. The third-order valence-corrected chi connectivity index (χ3v) is 3.25. The minimum Gasteiger partial charge on any atom is -0.484 e. The molecule has 0 bridgehead atoms. The molecule has 0 heterocycles. The van der Waals surface area contributed by atoms with E-state index in [1.807, 2.05) is 6.92 Å². The average Bonchev–Trinajstić information content (AvgIpc) is 2.51. The van der Waals surface area contributed by atoms with Crippen LogP contribution in [0.1, 0.15) is 33.6 Å². The van der Waals surface area contributed by atoms with Crippen LogP contribution in [0.15, 0.2) is 24.3 Å². The summed E-state index contributed by atoms with van der Waals surface area (Å²) in [4.78, 5) is 34.1. The Morgan fingerprint density at radius 1 is 1.24 bits per heavy atom. The fourth-order valence-electron chi connectivity index (χ4n) is 2.01. The Hall–Kier alpha value is -2.77. The predicted molar refractivity (Wildman–Crippen MR) is 93.7 cm³/mol. The highest BCUT2D eigenvalue weighted by molar-refractivity contribution is 5.90. The van der Waals surface area contributed by atoms with Crippen molar-refractivity contribution < 1.29 is 24.2 Å². The number of aliphatic carboxylic acids is 1. The Labute approximate surface area is 146 Å². The second-order valence-electron chi connectivity index (χ2n) is 6.13. The maximum Gasteiger partial charge on any atom is 0.319 e. The van der Waals surface area contributed by atoms with Crippen LogP contribution < -0.4 is 20.7 Å². The number of carbonyl (C=O) groups excluding carboxylic acids is 2. The number of hydrogen-bond donors (Lipinski definition) is 4. The van der Waals surface area contributed by atoms with Gasteiger partial charge in [0.15, 0.2) is 6.61 Å². The van der Waals surface area contributed by atoms with Gasteiger partial charge in [0.1, 0.15) is 5.75 Å². The normalized spacial score (nSPS) is 10.7. The third kappa shape index (κ3) is 8.59. The molecule has 0 radical (unpaired) electrons. The van der Waals surface area contributed by atoms with Gasteiger partial charge in [-0.05, 0) is 39.3 Å². The van der Waals surface area contributed by atoms with E-state index in [4.69, 9.17) is 9.84 Å². The van der Waals surface area contributed by atoms with Crippen molar-refractivity contribution in [2.75, 3.05) is 18.5 Å². The number of rotatable bonds is 9. The van der Waals surface area contributed by atoms with E-state index in [1.165, 1.54) is 0 Å². The first kappa shape index (κ1) is 20.3. The number of amides is 3. The van der Waals surface area contributed by atoms with Gasteiger partial charge in [0.25, 0.3) is 5.91 Å². The molecule has 0 unspecified atom stereocenters. The number of nitrogens with one attached hydrogen (secondary N) is 3. The molecule has 0 aliphatic heterocycles. The molecule has 8 heteroatoms. The van der Waals surface area contributed by atoms with E-state index in [0.717, 1.165) is 0 Å². The Morgan fingerprint density at radius 2 is 1.96 bits per heavy atom. The van der Waals surface area contributed by atoms with Crippen LogP contribution in [0.3, 0.4) is 0 Å². The van der Waals surface area contributed by atoms with E-state index in [1.54, 1.807) is 38.1 Å². The molecule has 0 fully saturated rings. The van der Waals surface area contributed by atoms with Gasteiger partial charge in [-0.3, -0.25) is 9.59 Å². The number of carboxylic acid groups (broad SMARTS) is 1. The van der Waals surface area contributed by atoms with Gasteiger partial charge in [0.05, 0.1) is 0 Å². The summed E-state index contributed by atoms with van der Waals surface area (Å²) in [5.74, 6) is -0.680. The molecule has 25 heavy (non-hydrogen) atoms. The minimum absolute atomic E-state index is 0.0313. The Balaban J connectivity index is 2.55. The number of benzene rings is 1. The molecule has 3 amide bonds. The highest BCUT2D eigenvalue weighted by atomic mass is 16.5. The second-order valence-corrected chi connectivity index (χ2v) is 6.13. The van der Waals surface area contributed by atoms with Gasteiger partial charge in [-0.25, -0.2) is 4.79 Å². The molecule has 8 nitrogen and oxygen atoms in total. The highest BCUT2D eigenvalue weighted by Gasteiger charge is 2.21. The van der Waals surface area contributed by atoms with E-state index < -0.39 is 17.5 Å². The number of carboxylic acids is 1.